The van der Waals surface area contributed by atoms with Crippen molar-refractivity contribution in [3.8, 4) is 11.3 Å². The summed E-state index contributed by atoms with van der Waals surface area (Å²) in [4.78, 5) is 12.1. The Bertz CT molecular complexity index is 661. The summed E-state index contributed by atoms with van der Waals surface area (Å²) in [7, 11) is 0. The normalized spacial score (nSPS) is 24.4. The van der Waals surface area contributed by atoms with Crippen molar-refractivity contribution in [3.63, 3.8) is 0 Å². The summed E-state index contributed by atoms with van der Waals surface area (Å²) in [6.45, 7) is 0. The van der Waals surface area contributed by atoms with Gasteiger partial charge in [-0.15, -0.1) is 0 Å². The zero-order chi connectivity index (χ0) is 15.7. The number of nitrogens with one attached hydrogen (secondary N) is 2. The van der Waals surface area contributed by atoms with Gasteiger partial charge in [0, 0.05) is 16.6 Å². The topological polar surface area (TPSA) is 98.2 Å². The van der Waals surface area contributed by atoms with Gasteiger partial charge in [-0.2, -0.15) is 5.10 Å². The number of aliphatic hydroxyl groups is 2. The van der Waals surface area contributed by atoms with Crippen molar-refractivity contribution in [1.82, 2.24) is 15.5 Å². The third-order valence-corrected chi connectivity index (χ3v) is 4.05. The van der Waals surface area contributed by atoms with E-state index < -0.39 is 12.2 Å². The van der Waals surface area contributed by atoms with E-state index in [1.54, 1.807) is 18.2 Å². The molecule has 0 aliphatic heterocycles. The Labute approximate surface area is 132 Å². The minimum Gasteiger partial charge on any atom is -0.390 e. The van der Waals surface area contributed by atoms with Crippen LogP contribution in [0, 0.1) is 0 Å². The van der Waals surface area contributed by atoms with Crippen LogP contribution in [-0.4, -0.2) is 44.6 Å². The molecule has 116 valence electrons. The molecule has 0 saturated heterocycles. The van der Waals surface area contributed by atoms with Crippen LogP contribution < -0.4 is 5.32 Å². The quantitative estimate of drug-likeness (QED) is 0.685. The third-order valence-electron chi connectivity index (χ3n) is 3.79. The Morgan fingerprint density at radius 2 is 1.86 bits per heavy atom. The van der Waals surface area contributed by atoms with E-state index in [-0.39, 0.29) is 11.9 Å². The first kappa shape index (κ1) is 15.0. The highest BCUT2D eigenvalue weighted by molar-refractivity contribution is 6.30. The molecule has 2 aromatic rings. The van der Waals surface area contributed by atoms with E-state index in [1.165, 1.54) is 0 Å². The van der Waals surface area contributed by atoms with Crippen molar-refractivity contribution in [2.45, 2.75) is 31.1 Å². The van der Waals surface area contributed by atoms with Crippen molar-refractivity contribution in [1.29, 1.82) is 0 Å². The lowest BCUT2D eigenvalue weighted by Gasteiger charge is -2.10. The number of hydrogen-bond donors (Lipinski definition) is 4. The van der Waals surface area contributed by atoms with Crippen LogP contribution in [0.2, 0.25) is 5.02 Å². The first-order valence-corrected chi connectivity index (χ1v) is 7.39. The molecule has 1 heterocycles. The van der Waals surface area contributed by atoms with Gasteiger partial charge in [-0.25, -0.2) is 0 Å². The number of aromatic nitrogens is 2. The summed E-state index contributed by atoms with van der Waals surface area (Å²) in [5.41, 5.74) is 1.83. The molecule has 0 bridgehead atoms. The summed E-state index contributed by atoms with van der Waals surface area (Å²) in [5.74, 6) is -0.306. The number of aliphatic hydroxyl groups excluding tert-OH is 2. The molecule has 0 spiro atoms. The Hall–Kier alpha value is -1.89. The van der Waals surface area contributed by atoms with Crippen molar-refractivity contribution in [2.75, 3.05) is 0 Å². The van der Waals surface area contributed by atoms with Crippen LogP contribution in [0.15, 0.2) is 30.3 Å². The van der Waals surface area contributed by atoms with Crippen molar-refractivity contribution in [2.24, 2.45) is 0 Å². The smallest absolute Gasteiger partial charge is 0.269 e. The van der Waals surface area contributed by atoms with Gasteiger partial charge in [0.25, 0.3) is 5.91 Å². The summed E-state index contributed by atoms with van der Waals surface area (Å²) >= 11 is 5.84. The second kappa shape index (κ2) is 6.08. The Morgan fingerprint density at radius 3 is 2.50 bits per heavy atom. The molecule has 4 N–H and O–H groups in total. The van der Waals surface area contributed by atoms with Gasteiger partial charge in [0.1, 0.15) is 5.69 Å². The molecule has 0 radical (unpaired) electrons. The first-order chi connectivity index (χ1) is 10.5. The second-order valence-electron chi connectivity index (χ2n) is 5.45. The van der Waals surface area contributed by atoms with E-state index in [4.69, 9.17) is 11.6 Å². The highest BCUT2D eigenvalue weighted by Gasteiger charge is 2.32. The number of H-pyrrole nitrogens is 1. The van der Waals surface area contributed by atoms with Gasteiger partial charge in [0.15, 0.2) is 0 Å². The molecule has 1 aromatic carbocycles. The van der Waals surface area contributed by atoms with Gasteiger partial charge in [-0.05, 0) is 31.0 Å². The van der Waals surface area contributed by atoms with Crippen LogP contribution in [0.4, 0.5) is 0 Å². The molecule has 3 rings (SSSR count). The van der Waals surface area contributed by atoms with Crippen LogP contribution >= 0.6 is 11.6 Å². The molecule has 3 atom stereocenters. The predicted octanol–water partition coefficient (Wildman–Crippen LogP) is 1.34. The monoisotopic (exact) mass is 321 g/mol. The Balaban J connectivity index is 1.68. The maximum absolute atomic E-state index is 12.1. The van der Waals surface area contributed by atoms with Crippen LogP contribution in [-0.2, 0) is 0 Å². The van der Waals surface area contributed by atoms with E-state index in [1.807, 2.05) is 12.1 Å². The average Bonchev–Trinajstić information content (AvgIpc) is 3.08. The molecule has 1 aliphatic rings. The number of amides is 1. The van der Waals surface area contributed by atoms with Gasteiger partial charge in [-0.1, -0.05) is 23.7 Å². The molecule has 1 aliphatic carbocycles. The summed E-state index contributed by atoms with van der Waals surface area (Å²) < 4.78 is 0. The zero-order valence-electron chi connectivity index (χ0n) is 11.7. The predicted molar refractivity (Wildman–Crippen MR) is 81.5 cm³/mol. The van der Waals surface area contributed by atoms with Crippen molar-refractivity contribution >= 4 is 17.5 Å². The van der Waals surface area contributed by atoms with Crippen LogP contribution in [0.5, 0.6) is 0 Å². The number of benzene rings is 1. The lowest BCUT2D eigenvalue weighted by Crippen LogP contribution is -2.33. The molecule has 7 heteroatoms. The van der Waals surface area contributed by atoms with Crippen molar-refractivity contribution < 1.29 is 15.0 Å². The fourth-order valence-corrected chi connectivity index (χ4v) is 2.71. The van der Waals surface area contributed by atoms with E-state index >= 15 is 0 Å². The number of carbonyl (C=O) groups is 1. The van der Waals surface area contributed by atoms with Crippen molar-refractivity contribution in [3.05, 3.63) is 41.0 Å². The molecule has 1 amide bonds. The average molecular weight is 322 g/mol. The molecule has 1 unspecified atom stereocenters. The molecule has 6 nitrogen and oxygen atoms in total. The minimum atomic E-state index is -0.781. The SMILES string of the molecule is O=C(NC1C[C@@H](O)[C@@H](O)C1)c1cc(-c2ccc(Cl)cc2)n[nH]1. The third kappa shape index (κ3) is 3.14. The highest BCUT2D eigenvalue weighted by Crippen LogP contribution is 2.22. The van der Waals surface area contributed by atoms with Crippen LogP contribution in [0.1, 0.15) is 23.3 Å². The first-order valence-electron chi connectivity index (χ1n) is 7.01. The van der Waals surface area contributed by atoms with Gasteiger partial charge >= 0.3 is 0 Å². The van der Waals surface area contributed by atoms with E-state index in [0.29, 0.717) is 29.3 Å². The molecule has 1 saturated carbocycles. The summed E-state index contributed by atoms with van der Waals surface area (Å²) in [6, 6.07) is 8.58. The van der Waals surface area contributed by atoms with E-state index in [9.17, 15) is 15.0 Å². The molecule has 1 fully saturated rings. The van der Waals surface area contributed by atoms with E-state index in [0.717, 1.165) is 5.56 Å². The van der Waals surface area contributed by atoms with Crippen LogP contribution in [0.25, 0.3) is 11.3 Å². The second-order valence-corrected chi connectivity index (χ2v) is 5.89. The summed E-state index contributed by atoms with van der Waals surface area (Å²) in [6.07, 6.45) is -0.857. The maximum Gasteiger partial charge on any atom is 0.269 e. The number of rotatable bonds is 3. The van der Waals surface area contributed by atoms with Gasteiger partial charge in [-0.3, -0.25) is 9.89 Å². The zero-order valence-corrected chi connectivity index (χ0v) is 12.4. The standard InChI is InChI=1S/C15H16ClN3O3/c16-9-3-1-8(2-4-9)11-7-12(19-18-11)15(22)17-10-5-13(20)14(21)6-10/h1-4,7,10,13-14,20-21H,5-6H2,(H,17,22)(H,18,19)/t10?,13-,14+. The van der Waals surface area contributed by atoms with Gasteiger partial charge < -0.3 is 15.5 Å². The van der Waals surface area contributed by atoms with Gasteiger partial charge in [0.05, 0.1) is 17.9 Å². The van der Waals surface area contributed by atoms with Crippen LogP contribution in [0.3, 0.4) is 0 Å². The molecule has 1 aromatic heterocycles. The Morgan fingerprint density at radius 1 is 1.23 bits per heavy atom. The fourth-order valence-electron chi connectivity index (χ4n) is 2.58. The largest absolute Gasteiger partial charge is 0.390 e. The number of halogens is 1. The maximum atomic E-state index is 12.1. The Kier molecular flexibility index (Phi) is 4.15. The summed E-state index contributed by atoms with van der Waals surface area (Å²) in [5, 5.41) is 29.2. The highest BCUT2D eigenvalue weighted by atomic mass is 35.5. The van der Waals surface area contributed by atoms with Gasteiger partial charge in [0.2, 0.25) is 0 Å². The number of carbonyl (C=O) groups excluding carboxylic acids is 1. The number of nitrogens with zero attached hydrogens (tertiary/aromatic N) is 1. The molecule has 22 heavy (non-hydrogen) atoms. The number of hydrogen-bond acceptors (Lipinski definition) is 4. The lowest BCUT2D eigenvalue weighted by atomic mass is 10.1. The van der Waals surface area contributed by atoms with E-state index in [2.05, 4.69) is 15.5 Å². The molecular weight excluding hydrogens is 306 g/mol. The minimum absolute atomic E-state index is 0.236. The lowest BCUT2D eigenvalue weighted by molar-refractivity contribution is 0.0438. The number of aromatic amines is 1. The molecular formula is C15H16ClN3O3. The fraction of sp³-hybridized carbons (Fsp3) is 0.333.